The molecule has 0 heterocycles. The van der Waals surface area contributed by atoms with E-state index in [1.165, 1.54) is 5.56 Å². The van der Waals surface area contributed by atoms with Crippen LogP contribution < -0.4 is 15.0 Å². The molecule has 0 atom stereocenters. The minimum Gasteiger partial charge on any atom is -0.493 e. The van der Waals surface area contributed by atoms with Crippen LogP contribution in [0.4, 0.5) is 0 Å². The Labute approximate surface area is 96.5 Å². The molecule has 0 bridgehead atoms. The molecule has 4 heteroatoms. The van der Waals surface area contributed by atoms with Gasteiger partial charge in [0.2, 0.25) is 0 Å². The van der Waals surface area contributed by atoms with Crippen molar-refractivity contribution in [3.8, 4) is 11.5 Å². The predicted molar refractivity (Wildman–Crippen MR) is 62.9 cm³/mol. The SMILES string of the molecule is CONCc1cc(C)c(C)c(OC)c1OC. The third kappa shape index (κ3) is 2.46. The highest BCUT2D eigenvalue weighted by molar-refractivity contribution is 5.54. The standard InChI is InChI=1S/C12H19NO3/c1-8-6-10(7-13-16-5)12(15-4)11(14-3)9(8)2/h6,13H,7H2,1-5H3. The fraction of sp³-hybridized carbons (Fsp3) is 0.500. The van der Waals surface area contributed by atoms with Crippen molar-refractivity contribution in [1.29, 1.82) is 0 Å². The molecule has 0 aliphatic carbocycles. The van der Waals surface area contributed by atoms with Gasteiger partial charge in [0.15, 0.2) is 11.5 Å². The van der Waals surface area contributed by atoms with E-state index >= 15 is 0 Å². The predicted octanol–water partition coefficient (Wildman–Crippen LogP) is 1.97. The number of aryl methyl sites for hydroxylation is 1. The lowest BCUT2D eigenvalue weighted by Crippen LogP contribution is -2.12. The van der Waals surface area contributed by atoms with E-state index in [0.29, 0.717) is 6.54 Å². The van der Waals surface area contributed by atoms with Crippen molar-refractivity contribution in [2.24, 2.45) is 0 Å². The summed E-state index contributed by atoms with van der Waals surface area (Å²) in [6, 6.07) is 2.07. The summed E-state index contributed by atoms with van der Waals surface area (Å²) in [4.78, 5) is 4.84. The summed E-state index contributed by atoms with van der Waals surface area (Å²) < 4.78 is 10.8. The summed E-state index contributed by atoms with van der Waals surface area (Å²) in [5.74, 6) is 1.55. The molecule has 0 saturated carbocycles. The number of benzene rings is 1. The maximum atomic E-state index is 5.38. The van der Waals surface area contributed by atoms with Gasteiger partial charge in [0.1, 0.15) is 0 Å². The summed E-state index contributed by atoms with van der Waals surface area (Å²) >= 11 is 0. The summed E-state index contributed by atoms with van der Waals surface area (Å²) in [5.41, 5.74) is 6.09. The fourth-order valence-electron chi connectivity index (χ4n) is 1.68. The van der Waals surface area contributed by atoms with Crippen molar-refractivity contribution < 1.29 is 14.3 Å². The number of hydroxylamine groups is 1. The molecule has 1 rings (SSSR count). The Morgan fingerprint density at radius 3 is 2.19 bits per heavy atom. The van der Waals surface area contributed by atoms with Gasteiger partial charge in [-0.2, -0.15) is 5.48 Å². The second-order valence-electron chi connectivity index (χ2n) is 3.57. The third-order valence-corrected chi connectivity index (χ3v) is 2.64. The first-order valence-electron chi connectivity index (χ1n) is 5.12. The highest BCUT2D eigenvalue weighted by Crippen LogP contribution is 2.36. The zero-order valence-corrected chi connectivity index (χ0v) is 10.5. The molecule has 0 radical (unpaired) electrons. The Morgan fingerprint density at radius 2 is 1.69 bits per heavy atom. The van der Waals surface area contributed by atoms with Crippen LogP contribution in [-0.4, -0.2) is 21.3 Å². The first-order chi connectivity index (χ1) is 7.65. The van der Waals surface area contributed by atoms with Crippen LogP contribution in [0.5, 0.6) is 11.5 Å². The summed E-state index contributed by atoms with van der Waals surface area (Å²) in [6.07, 6.45) is 0. The molecule has 0 fully saturated rings. The molecule has 1 aromatic carbocycles. The normalized spacial score (nSPS) is 10.3. The molecule has 1 N–H and O–H groups in total. The van der Waals surface area contributed by atoms with Crippen molar-refractivity contribution >= 4 is 0 Å². The van der Waals surface area contributed by atoms with E-state index in [1.807, 2.05) is 13.8 Å². The van der Waals surface area contributed by atoms with Gasteiger partial charge in [0.05, 0.1) is 21.3 Å². The monoisotopic (exact) mass is 225 g/mol. The molecule has 0 spiro atoms. The maximum absolute atomic E-state index is 5.38. The molecular weight excluding hydrogens is 206 g/mol. The van der Waals surface area contributed by atoms with Crippen LogP contribution in [0.25, 0.3) is 0 Å². The Morgan fingerprint density at radius 1 is 1.06 bits per heavy atom. The van der Waals surface area contributed by atoms with Gasteiger partial charge in [-0.1, -0.05) is 6.07 Å². The van der Waals surface area contributed by atoms with E-state index in [4.69, 9.17) is 14.3 Å². The van der Waals surface area contributed by atoms with E-state index in [1.54, 1.807) is 21.3 Å². The van der Waals surface area contributed by atoms with Gasteiger partial charge in [-0.25, -0.2) is 0 Å². The average Bonchev–Trinajstić information content (AvgIpc) is 2.29. The molecule has 4 nitrogen and oxygen atoms in total. The van der Waals surface area contributed by atoms with Gasteiger partial charge >= 0.3 is 0 Å². The van der Waals surface area contributed by atoms with Crippen LogP contribution in [-0.2, 0) is 11.4 Å². The van der Waals surface area contributed by atoms with Crippen LogP contribution in [0.1, 0.15) is 16.7 Å². The minimum atomic E-state index is 0.581. The van der Waals surface area contributed by atoms with Gasteiger partial charge < -0.3 is 14.3 Å². The molecule has 0 saturated heterocycles. The number of rotatable bonds is 5. The van der Waals surface area contributed by atoms with E-state index in [2.05, 4.69) is 11.5 Å². The number of ether oxygens (including phenoxy) is 2. The molecule has 16 heavy (non-hydrogen) atoms. The summed E-state index contributed by atoms with van der Waals surface area (Å²) in [5, 5.41) is 0. The topological polar surface area (TPSA) is 39.7 Å². The quantitative estimate of drug-likeness (QED) is 0.778. The highest BCUT2D eigenvalue weighted by atomic mass is 16.6. The molecule has 0 aromatic heterocycles. The zero-order chi connectivity index (χ0) is 12.1. The van der Waals surface area contributed by atoms with Crippen molar-refractivity contribution in [3.63, 3.8) is 0 Å². The van der Waals surface area contributed by atoms with Crippen molar-refractivity contribution in [2.75, 3.05) is 21.3 Å². The lowest BCUT2D eigenvalue weighted by Gasteiger charge is -2.17. The lowest BCUT2D eigenvalue weighted by atomic mass is 10.0. The van der Waals surface area contributed by atoms with E-state index in [0.717, 1.165) is 22.6 Å². The lowest BCUT2D eigenvalue weighted by molar-refractivity contribution is 0.0860. The fourth-order valence-corrected chi connectivity index (χ4v) is 1.68. The average molecular weight is 225 g/mol. The molecule has 0 aliphatic rings. The molecule has 0 aliphatic heterocycles. The Kier molecular flexibility index (Phi) is 4.58. The van der Waals surface area contributed by atoms with E-state index in [-0.39, 0.29) is 0 Å². The molecular formula is C12H19NO3. The first kappa shape index (κ1) is 12.8. The van der Waals surface area contributed by atoms with Crippen molar-refractivity contribution in [1.82, 2.24) is 5.48 Å². The third-order valence-electron chi connectivity index (χ3n) is 2.64. The first-order valence-corrected chi connectivity index (χ1v) is 5.12. The van der Waals surface area contributed by atoms with Gasteiger partial charge in [-0.05, 0) is 25.0 Å². The van der Waals surface area contributed by atoms with Crippen molar-refractivity contribution in [2.45, 2.75) is 20.4 Å². The van der Waals surface area contributed by atoms with Crippen LogP contribution >= 0.6 is 0 Å². The maximum Gasteiger partial charge on any atom is 0.165 e. The number of hydrogen-bond donors (Lipinski definition) is 1. The molecule has 0 unspecified atom stereocenters. The Bertz CT molecular complexity index is 364. The smallest absolute Gasteiger partial charge is 0.165 e. The van der Waals surface area contributed by atoms with Crippen LogP contribution in [0.15, 0.2) is 6.07 Å². The van der Waals surface area contributed by atoms with Gasteiger partial charge in [0.25, 0.3) is 0 Å². The second-order valence-corrected chi connectivity index (χ2v) is 3.57. The second kappa shape index (κ2) is 5.72. The summed E-state index contributed by atoms with van der Waals surface area (Å²) in [6.45, 7) is 4.65. The van der Waals surface area contributed by atoms with Crippen LogP contribution in [0, 0.1) is 13.8 Å². The largest absolute Gasteiger partial charge is 0.493 e. The molecule has 0 amide bonds. The van der Waals surface area contributed by atoms with Crippen LogP contribution in [0.2, 0.25) is 0 Å². The van der Waals surface area contributed by atoms with E-state index in [9.17, 15) is 0 Å². The van der Waals surface area contributed by atoms with Gasteiger partial charge in [0, 0.05) is 12.1 Å². The van der Waals surface area contributed by atoms with Crippen molar-refractivity contribution in [3.05, 3.63) is 22.8 Å². The Hall–Kier alpha value is -1.26. The Balaban J connectivity index is 3.20. The molecule has 90 valence electrons. The van der Waals surface area contributed by atoms with Gasteiger partial charge in [-0.15, -0.1) is 0 Å². The van der Waals surface area contributed by atoms with Crippen LogP contribution in [0.3, 0.4) is 0 Å². The number of nitrogens with one attached hydrogen (secondary N) is 1. The zero-order valence-electron chi connectivity index (χ0n) is 10.5. The van der Waals surface area contributed by atoms with E-state index < -0.39 is 0 Å². The number of methoxy groups -OCH3 is 2. The summed E-state index contributed by atoms with van der Waals surface area (Å²) in [7, 11) is 4.88. The molecule has 1 aromatic rings. The highest BCUT2D eigenvalue weighted by Gasteiger charge is 2.14. The van der Waals surface area contributed by atoms with Gasteiger partial charge in [-0.3, -0.25) is 0 Å². The number of hydrogen-bond acceptors (Lipinski definition) is 4. The minimum absolute atomic E-state index is 0.581.